The molecule has 0 N–H and O–H groups in total. The summed E-state index contributed by atoms with van der Waals surface area (Å²) in [5.41, 5.74) is 2.80. The number of methoxy groups -OCH3 is 1. The maximum atomic E-state index is 13.6. The Labute approximate surface area is 219 Å². The van der Waals surface area contributed by atoms with Gasteiger partial charge in [0.1, 0.15) is 6.54 Å². The van der Waals surface area contributed by atoms with E-state index in [2.05, 4.69) is 4.99 Å². The van der Waals surface area contributed by atoms with E-state index in [1.165, 1.54) is 29.8 Å². The van der Waals surface area contributed by atoms with E-state index in [1.807, 2.05) is 41.8 Å². The molecule has 3 heterocycles. The Hall–Kier alpha value is -4.15. The van der Waals surface area contributed by atoms with E-state index >= 15 is 0 Å². The Morgan fingerprint density at radius 3 is 2.65 bits per heavy atom. The van der Waals surface area contributed by atoms with Crippen molar-refractivity contribution in [2.24, 2.45) is 4.99 Å². The maximum Gasteiger partial charge on any atom is 0.338 e. The van der Waals surface area contributed by atoms with Crippen molar-refractivity contribution in [1.82, 2.24) is 9.55 Å². The van der Waals surface area contributed by atoms with E-state index in [4.69, 9.17) is 14.5 Å². The summed E-state index contributed by atoms with van der Waals surface area (Å²) >= 11 is 2.74. The first-order valence-electron chi connectivity index (χ1n) is 11.4. The Bertz CT molecular complexity index is 1720. The summed E-state index contributed by atoms with van der Waals surface area (Å²) in [6, 6.07) is 18.0. The van der Waals surface area contributed by atoms with Crippen LogP contribution in [0.25, 0.3) is 31.7 Å². The Morgan fingerprint density at radius 1 is 1.05 bits per heavy atom. The molecule has 0 atom stereocenters. The number of esters is 2. The molecule has 5 rings (SSSR count). The molecule has 10 heteroatoms. The van der Waals surface area contributed by atoms with Gasteiger partial charge in [0.2, 0.25) is 0 Å². The second kappa shape index (κ2) is 10.5. The quantitative estimate of drug-likeness (QED) is 0.284. The van der Waals surface area contributed by atoms with Gasteiger partial charge in [0.15, 0.2) is 4.80 Å². The van der Waals surface area contributed by atoms with Crippen LogP contribution in [0.3, 0.4) is 0 Å². The van der Waals surface area contributed by atoms with Gasteiger partial charge in [0, 0.05) is 5.39 Å². The number of hydrogen-bond donors (Lipinski definition) is 0. The lowest BCUT2D eigenvalue weighted by Gasteiger charge is -2.07. The minimum atomic E-state index is -0.489. The van der Waals surface area contributed by atoms with Gasteiger partial charge >= 0.3 is 11.9 Å². The van der Waals surface area contributed by atoms with Crippen molar-refractivity contribution in [2.45, 2.75) is 13.5 Å². The van der Waals surface area contributed by atoms with E-state index in [9.17, 15) is 14.4 Å². The minimum absolute atomic E-state index is 0.140. The van der Waals surface area contributed by atoms with Crippen LogP contribution in [-0.4, -0.2) is 41.1 Å². The van der Waals surface area contributed by atoms with Crippen molar-refractivity contribution in [1.29, 1.82) is 0 Å². The SMILES string of the molecule is CCOC(=O)c1ccc2c(c1)sc(=NC(=O)c1cc(-c3cccs3)nc3ccccc13)n2CC(=O)OC. The highest BCUT2D eigenvalue weighted by molar-refractivity contribution is 7.16. The van der Waals surface area contributed by atoms with E-state index < -0.39 is 17.8 Å². The van der Waals surface area contributed by atoms with Gasteiger partial charge in [-0.1, -0.05) is 35.6 Å². The number of aromatic nitrogens is 2. The van der Waals surface area contributed by atoms with Gasteiger partial charge in [0.25, 0.3) is 5.91 Å². The molecule has 0 fully saturated rings. The molecular formula is C27H21N3O5S2. The molecule has 3 aromatic heterocycles. The summed E-state index contributed by atoms with van der Waals surface area (Å²) in [5.74, 6) is -1.40. The lowest BCUT2D eigenvalue weighted by Crippen LogP contribution is -2.22. The predicted molar refractivity (Wildman–Crippen MR) is 143 cm³/mol. The zero-order valence-corrected chi connectivity index (χ0v) is 21.6. The molecule has 0 unspecified atom stereocenters. The number of thiazole rings is 1. The molecule has 5 aromatic rings. The van der Waals surface area contributed by atoms with E-state index in [0.29, 0.717) is 42.7 Å². The number of pyridine rings is 1. The summed E-state index contributed by atoms with van der Waals surface area (Å²) in [5, 5.41) is 2.64. The molecule has 37 heavy (non-hydrogen) atoms. The summed E-state index contributed by atoms with van der Waals surface area (Å²) in [7, 11) is 1.30. The fourth-order valence-corrected chi connectivity index (χ4v) is 5.65. The van der Waals surface area contributed by atoms with Crippen LogP contribution in [0.1, 0.15) is 27.6 Å². The zero-order valence-electron chi connectivity index (χ0n) is 20.0. The Morgan fingerprint density at radius 2 is 1.89 bits per heavy atom. The Kier molecular flexibility index (Phi) is 6.93. The first-order chi connectivity index (χ1) is 18.0. The van der Waals surface area contributed by atoms with Crippen molar-refractivity contribution in [3.8, 4) is 10.6 Å². The van der Waals surface area contributed by atoms with Gasteiger partial charge in [0.05, 0.1) is 51.1 Å². The Balaban J connectivity index is 1.67. The van der Waals surface area contributed by atoms with Gasteiger partial charge in [-0.05, 0) is 48.7 Å². The van der Waals surface area contributed by atoms with Crippen LogP contribution < -0.4 is 4.80 Å². The van der Waals surface area contributed by atoms with Crippen molar-refractivity contribution in [2.75, 3.05) is 13.7 Å². The normalized spacial score (nSPS) is 11.7. The monoisotopic (exact) mass is 531 g/mol. The number of nitrogens with zero attached hydrogens (tertiary/aromatic N) is 3. The first-order valence-corrected chi connectivity index (χ1v) is 13.1. The third-order valence-corrected chi connectivity index (χ3v) is 7.56. The third kappa shape index (κ3) is 4.93. The number of ether oxygens (including phenoxy) is 2. The number of fused-ring (bicyclic) bond motifs is 2. The van der Waals surface area contributed by atoms with E-state index in [-0.39, 0.29) is 13.2 Å². The highest BCUT2D eigenvalue weighted by atomic mass is 32.1. The van der Waals surface area contributed by atoms with Crippen molar-refractivity contribution in [3.63, 3.8) is 0 Å². The van der Waals surface area contributed by atoms with Crippen molar-refractivity contribution in [3.05, 3.63) is 82.0 Å². The van der Waals surface area contributed by atoms with Crippen LogP contribution in [0.5, 0.6) is 0 Å². The number of para-hydroxylation sites is 1. The van der Waals surface area contributed by atoms with Crippen LogP contribution in [0.2, 0.25) is 0 Å². The van der Waals surface area contributed by atoms with Crippen LogP contribution in [0, 0.1) is 0 Å². The summed E-state index contributed by atoms with van der Waals surface area (Å²) in [4.78, 5) is 48.4. The summed E-state index contributed by atoms with van der Waals surface area (Å²) in [6.07, 6.45) is 0. The van der Waals surface area contributed by atoms with Gasteiger partial charge in [-0.3, -0.25) is 9.59 Å². The number of hydrogen-bond acceptors (Lipinski definition) is 8. The van der Waals surface area contributed by atoms with Crippen LogP contribution >= 0.6 is 22.7 Å². The standard InChI is InChI=1S/C27H21N3O5S2/c1-3-35-26(33)16-10-11-21-23(13-16)37-27(30(21)15-24(31)34-2)29-25(32)18-14-20(22-9-6-12-36-22)28-19-8-5-4-7-17(18)19/h4-14H,3,15H2,1-2H3. The largest absolute Gasteiger partial charge is 0.468 e. The molecule has 0 aliphatic rings. The van der Waals surface area contributed by atoms with Crippen molar-refractivity contribution >= 4 is 61.6 Å². The number of carbonyl (C=O) groups is 3. The minimum Gasteiger partial charge on any atom is -0.468 e. The predicted octanol–water partition coefficient (Wildman–Crippen LogP) is 5.07. The smallest absolute Gasteiger partial charge is 0.338 e. The van der Waals surface area contributed by atoms with Crippen LogP contribution in [0.4, 0.5) is 0 Å². The highest BCUT2D eigenvalue weighted by Crippen LogP contribution is 2.28. The van der Waals surface area contributed by atoms with E-state index in [0.717, 1.165) is 4.88 Å². The van der Waals surface area contributed by atoms with Gasteiger partial charge in [-0.15, -0.1) is 11.3 Å². The second-order valence-electron chi connectivity index (χ2n) is 7.92. The van der Waals surface area contributed by atoms with Crippen LogP contribution in [-0.2, 0) is 20.8 Å². The lowest BCUT2D eigenvalue weighted by molar-refractivity contribution is -0.141. The average Bonchev–Trinajstić information content (AvgIpc) is 3.56. The average molecular weight is 532 g/mol. The number of amides is 1. The number of rotatable bonds is 6. The number of benzene rings is 2. The number of thiophene rings is 1. The molecule has 186 valence electrons. The molecule has 0 saturated heterocycles. The molecule has 1 amide bonds. The molecule has 8 nitrogen and oxygen atoms in total. The fraction of sp³-hybridized carbons (Fsp3) is 0.148. The van der Waals surface area contributed by atoms with Gasteiger partial charge in [-0.25, -0.2) is 9.78 Å². The topological polar surface area (TPSA) is 99.9 Å². The van der Waals surface area contributed by atoms with Gasteiger partial charge in [-0.2, -0.15) is 4.99 Å². The van der Waals surface area contributed by atoms with Crippen molar-refractivity contribution < 1.29 is 23.9 Å². The van der Waals surface area contributed by atoms with Crippen LogP contribution in [0.15, 0.2) is 71.0 Å². The second-order valence-corrected chi connectivity index (χ2v) is 9.87. The molecule has 0 radical (unpaired) electrons. The maximum absolute atomic E-state index is 13.6. The van der Waals surface area contributed by atoms with E-state index in [1.54, 1.807) is 35.8 Å². The molecule has 0 aliphatic heterocycles. The number of carbonyl (C=O) groups excluding carboxylic acids is 3. The molecular weight excluding hydrogens is 510 g/mol. The summed E-state index contributed by atoms with van der Waals surface area (Å²) < 4.78 is 12.3. The zero-order chi connectivity index (χ0) is 25.9. The molecule has 0 aliphatic carbocycles. The highest BCUT2D eigenvalue weighted by Gasteiger charge is 2.17. The fourth-order valence-electron chi connectivity index (χ4n) is 3.90. The molecule has 2 aromatic carbocycles. The lowest BCUT2D eigenvalue weighted by atomic mass is 10.1. The first kappa shape index (κ1) is 24.5. The third-order valence-electron chi connectivity index (χ3n) is 5.63. The summed E-state index contributed by atoms with van der Waals surface area (Å²) in [6.45, 7) is 1.85. The molecule has 0 bridgehead atoms. The van der Waals surface area contributed by atoms with Gasteiger partial charge < -0.3 is 14.0 Å². The molecule has 0 saturated carbocycles. The molecule has 0 spiro atoms.